The van der Waals surface area contributed by atoms with Crippen molar-refractivity contribution in [2.45, 2.75) is 16.4 Å². The van der Waals surface area contributed by atoms with Crippen molar-refractivity contribution in [1.29, 1.82) is 0 Å². The summed E-state index contributed by atoms with van der Waals surface area (Å²) in [6.45, 7) is 0.319. The molecule has 0 aliphatic rings. The molecule has 0 saturated heterocycles. The third kappa shape index (κ3) is 4.63. The van der Waals surface area contributed by atoms with Crippen LogP contribution in [0.25, 0.3) is 0 Å². The van der Waals surface area contributed by atoms with Crippen LogP contribution in [0.3, 0.4) is 0 Å². The summed E-state index contributed by atoms with van der Waals surface area (Å²) in [5, 5.41) is 0.467. The fraction of sp³-hybridized carbons (Fsp3) is 0.100. The monoisotopic (exact) mass is 500 g/mol. The molecule has 0 amide bonds. The molecule has 28 heavy (non-hydrogen) atoms. The van der Waals surface area contributed by atoms with E-state index < -0.39 is 9.84 Å². The van der Waals surface area contributed by atoms with Gasteiger partial charge in [0.15, 0.2) is 11.5 Å². The van der Waals surface area contributed by atoms with E-state index in [4.69, 9.17) is 32.7 Å². The summed E-state index contributed by atoms with van der Waals surface area (Å²) in [5.41, 5.74) is 0.978. The molecule has 0 N–H and O–H groups in total. The SMILES string of the molecule is COc1cc(S(=O)(=O)c2cc(Cl)cc(Cl)c2)c(Br)cc1OCc1ccccc1. The van der Waals surface area contributed by atoms with Crippen LogP contribution >= 0.6 is 39.1 Å². The quantitative estimate of drug-likeness (QED) is 0.405. The summed E-state index contributed by atoms with van der Waals surface area (Å²) in [6, 6.07) is 16.8. The maximum Gasteiger partial charge on any atom is 0.207 e. The fourth-order valence-corrected chi connectivity index (χ4v) is 5.55. The van der Waals surface area contributed by atoms with Crippen molar-refractivity contribution in [3.05, 3.63) is 80.7 Å². The van der Waals surface area contributed by atoms with Crippen LogP contribution in [0.4, 0.5) is 0 Å². The summed E-state index contributed by atoms with van der Waals surface area (Å²) in [4.78, 5) is 0.0143. The number of benzene rings is 3. The Morgan fingerprint density at radius 1 is 0.929 bits per heavy atom. The Balaban J connectivity index is 1.98. The summed E-state index contributed by atoms with van der Waals surface area (Å²) < 4.78 is 37.6. The van der Waals surface area contributed by atoms with Crippen molar-refractivity contribution in [3.8, 4) is 11.5 Å². The zero-order valence-corrected chi connectivity index (χ0v) is 18.6. The molecule has 0 aromatic heterocycles. The van der Waals surface area contributed by atoms with Crippen molar-refractivity contribution in [2.75, 3.05) is 7.11 Å². The largest absolute Gasteiger partial charge is 0.493 e. The molecule has 0 aliphatic heterocycles. The van der Waals surface area contributed by atoms with Gasteiger partial charge < -0.3 is 9.47 Å². The van der Waals surface area contributed by atoms with Crippen LogP contribution in [0.2, 0.25) is 10.0 Å². The van der Waals surface area contributed by atoms with Crippen molar-refractivity contribution >= 4 is 49.0 Å². The number of ether oxygens (including phenoxy) is 2. The number of methoxy groups -OCH3 is 1. The minimum Gasteiger partial charge on any atom is -0.493 e. The first-order chi connectivity index (χ1) is 13.3. The van der Waals surface area contributed by atoms with E-state index in [1.54, 1.807) is 6.07 Å². The van der Waals surface area contributed by atoms with Gasteiger partial charge in [0, 0.05) is 20.6 Å². The second-order valence-corrected chi connectivity index (χ2v) is 9.46. The van der Waals surface area contributed by atoms with E-state index in [9.17, 15) is 8.42 Å². The number of hydrogen-bond acceptors (Lipinski definition) is 4. The van der Waals surface area contributed by atoms with Gasteiger partial charge in [0.2, 0.25) is 9.84 Å². The first-order valence-corrected chi connectivity index (χ1v) is 11.1. The van der Waals surface area contributed by atoms with Gasteiger partial charge in [-0.2, -0.15) is 0 Å². The predicted molar refractivity (Wildman–Crippen MR) is 113 cm³/mol. The molecular weight excluding hydrogens is 487 g/mol. The summed E-state index contributed by atoms with van der Waals surface area (Å²) >= 11 is 15.2. The maximum atomic E-state index is 13.1. The van der Waals surface area contributed by atoms with E-state index in [0.29, 0.717) is 22.6 Å². The summed E-state index contributed by atoms with van der Waals surface area (Å²) in [7, 11) is -2.43. The fourth-order valence-electron chi connectivity index (χ4n) is 2.54. The Hall–Kier alpha value is -1.73. The third-order valence-electron chi connectivity index (χ3n) is 3.89. The summed E-state index contributed by atoms with van der Waals surface area (Å²) in [6.07, 6.45) is 0. The van der Waals surface area contributed by atoms with E-state index in [0.717, 1.165) is 5.56 Å². The topological polar surface area (TPSA) is 52.6 Å². The van der Waals surface area contributed by atoms with E-state index in [1.807, 2.05) is 30.3 Å². The van der Waals surface area contributed by atoms with Crippen LogP contribution in [0.5, 0.6) is 11.5 Å². The van der Waals surface area contributed by atoms with Gasteiger partial charge in [-0.3, -0.25) is 0 Å². The maximum absolute atomic E-state index is 13.1. The average Bonchev–Trinajstić information content (AvgIpc) is 2.66. The smallest absolute Gasteiger partial charge is 0.207 e. The predicted octanol–water partition coefficient (Wildman–Crippen LogP) is 6.18. The molecule has 0 bridgehead atoms. The van der Waals surface area contributed by atoms with Crippen LogP contribution in [0.15, 0.2) is 74.9 Å². The highest BCUT2D eigenvalue weighted by Crippen LogP contribution is 2.39. The average molecular weight is 502 g/mol. The van der Waals surface area contributed by atoms with Gasteiger partial charge in [0.1, 0.15) is 6.61 Å². The van der Waals surface area contributed by atoms with Gasteiger partial charge in [-0.1, -0.05) is 53.5 Å². The lowest BCUT2D eigenvalue weighted by Crippen LogP contribution is -2.05. The molecule has 0 unspecified atom stereocenters. The second kappa shape index (κ2) is 8.74. The molecule has 0 heterocycles. The highest BCUT2D eigenvalue weighted by atomic mass is 79.9. The van der Waals surface area contributed by atoms with Crippen LogP contribution in [0.1, 0.15) is 5.56 Å². The summed E-state index contributed by atoms with van der Waals surface area (Å²) in [5.74, 6) is 0.715. The Bertz CT molecular complexity index is 1080. The highest BCUT2D eigenvalue weighted by Gasteiger charge is 2.24. The number of halogens is 3. The third-order valence-corrected chi connectivity index (χ3v) is 7.02. The number of rotatable bonds is 6. The van der Waals surface area contributed by atoms with E-state index >= 15 is 0 Å². The lowest BCUT2D eigenvalue weighted by atomic mass is 10.2. The van der Waals surface area contributed by atoms with Gasteiger partial charge in [0.05, 0.1) is 16.9 Å². The van der Waals surface area contributed by atoms with Crippen LogP contribution < -0.4 is 9.47 Å². The van der Waals surface area contributed by atoms with E-state index in [1.165, 1.54) is 31.4 Å². The molecule has 0 radical (unpaired) electrons. The molecule has 4 nitrogen and oxygen atoms in total. The molecule has 3 rings (SSSR count). The first-order valence-electron chi connectivity index (χ1n) is 8.06. The van der Waals surface area contributed by atoms with Gasteiger partial charge in [-0.25, -0.2) is 8.42 Å². The van der Waals surface area contributed by atoms with E-state index in [2.05, 4.69) is 15.9 Å². The molecule has 0 spiro atoms. The Morgan fingerprint density at radius 3 is 2.18 bits per heavy atom. The zero-order valence-electron chi connectivity index (χ0n) is 14.7. The van der Waals surface area contributed by atoms with Gasteiger partial charge in [0.25, 0.3) is 0 Å². The van der Waals surface area contributed by atoms with Gasteiger partial charge in [-0.05, 0) is 45.8 Å². The molecule has 146 valence electrons. The second-order valence-electron chi connectivity index (χ2n) is 5.82. The van der Waals surface area contributed by atoms with Crippen molar-refractivity contribution in [2.24, 2.45) is 0 Å². The first kappa shape index (κ1) is 21.0. The molecular formula is C20H15BrCl2O4S. The van der Waals surface area contributed by atoms with Crippen molar-refractivity contribution in [1.82, 2.24) is 0 Å². The van der Waals surface area contributed by atoms with Crippen molar-refractivity contribution in [3.63, 3.8) is 0 Å². The van der Waals surface area contributed by atoms with Crippen LogP contribution in [-0.2, 0) is 16.4 Å². The highest BCUT2D eigenvalue weighted by molar-refractivity contribution is 9.10. The minimum absolute atomic E-state index is 0.00860. The van der Waals surface area contributed by atoms with Crippen LogP contribution in [-0.4, -0.2) is 15.5 Å². The lowest BCUT2D eigenvalue weighted by molar-refractivity contribution is 0.283. The molecule has 3 aromatic carbocycles. The number of hydrogen-bond donors (Lipinski definition) is 0. The molecule has 8 heteroatoms. The standard InChI is InChI=1S/C20H15BrCl2O4S/c1-26-18-11-20(28(24,25)16-8-14(22)7-15(23)9-16)17(21)10-19(18)27-12-13-5-3-2-4-6-13/h2-11H,12H2,1H3. The van der Waals surface area contributed by atoms with Crippen LogP contribution in [0, 0.1) is 0 Å². The zero-order chi connectivity index (χ0) is 20.3. The van der Waals surface area contributed by atoms with Gasteiger partial charge in [-0.15, -0.1) is 0 Å². The molecule has 3 aromatic rings. The molecule has 0 saturated carbocycles. The molecule has 0 aliphatic carbocycles. The lowest BCUT2D eigenvalue weighted by Gasteiger charge is -2.15. The Morgan fingerprint density at radius 2 is 1.57 bits per heavy atom. The number of sulfone groups is 1. The van der Waals surface area contributed by atoms with Gasteiger partial charge >= 0.3 is 0 Å². The molecule has 0 atom stereocenters. The van der Waals surface area contributed by atoms with E-state index in [-0.39, 0.29) is 19.8 Å². The Labute approximate surface area is 182 Å². The normalized spacial score (nSPS) is 11.3. The minimum atomic E-state index is -3.88. The Kier molecular flexibility index (Phi) is 6.55. The van der Waals surface area contributed by atoms with Crippen molar-refractivity contribution < 1.29 is 17.9 Å². The molecule has 0 fully saturated rings.